The summed E-state index contributed by atoms with van der Waals surface area (Å²) >= 11 is 10.2. The third-order valence-corrected chi connectivity index (χ3v) is 7.17. The number of hydrogen-bond acceptors (Lipinski definition) is 6. The van der Waals surface area contributed by atoms with Crippen LogP contribution >= 0.6 is 39.9 Å². The number of nitrogens with zero attached hydrogens (tertiary/aromatic N) is 1. The molecule has 1 amide bonds. The summed E-state index contributed by atoms with van der Waals surface area (Å²) in [5, 5.41) is 9.28. The van der Waals surface area contributed by atoms with Crippen molar-refractivity contribution in [3.05, 3.63) is 92.3 Å². The maximum Gasteiger partial charge on any atom is 0.335 e. The minimum Gasteiger partial charge on any atom is -0.490 e. The molecule has 0 atom stereocenters. The molecule has 1 aliphatic rings. The van der Waals surface area contributed by atoms with Gasteiger partial charge in [-0.05, 0) is 77.3 Å². The van der Waals surface area contributed by atoms with Crippen molar-refractivity contribution >= 4 is 67.9 Å². The lowest BCUT2D eigenvalue weighted by Crippen LogP contribution is -2.27. The first-order chi connectivity index (χ1) is 17.3. The second-order valence-corrected chi connectivity index (χ2v) is 10.4. The van der Waals surface area contributed by atoms with Crippen LogP contribution in [0.25, 0.3) is 6.08 Å². The van der Waals surface area contributed by atoms with Gasteiger partial charge in [0.15, 0.2) is 15.8 Å². The lowest BCUT2D eigenvalue weighted by molar-refractivity contribution is -0.113. The van der Waals surface area contributed by atoms with E-state index in [2.05, 4.69) is 15.9 Å². The highest BCUT2D eigenvalue weighted by atomic mass is 79.9. The molecule has 3 aromatic carbocycles. The minimum absolute atomic E-state index is 0.0806. The van der Waals surface area contributed by atoms with E-state index in [1.165, 1.54) is 22.6 Å². The molecule has 1 heterocycles. The lowest BCUT2D eigenvalue weighted by atomic mass is 10.1. The average molecular weight is 585 g/mol. The van der Waals surface area contributed by atoms with E-state index in [-0.39, 0.29) is 11.5 Å². The van der Waals surface area contributed by atoms with E-state index >= 15 is 0 Å². The number of aryl methyl sites for hydroxylation is 1. The van der Waals surface area contributed by atoms with Gasteiger partial charge in [-0.1, -0.05) is 59.9 Å². The molecule has 0 spiro atoms. The Balaban J connectivity index is 1.60. The summed E-state index contributed by atoms with van der Waals surface area (Å²) in [5.41, 5.74) is 3.44. The molecule has 1 N–H and O–H groups in total. The summed E-state index contributed by atoms with van der Waals surface area (Å²) in [7, 11) is 0. The SMILES string of the molecule is CCOc1cc(/C=C2/SC(=S)N(c3cccc(C(=O)O)c3)C2=O)cc(Br)c1OCc1ccc(C)cc1. The van der Waals surface area contributed by atoms with Crippen molar-refractivity contribution in [2.75, 3.05) is 11.5 Å². The highest BCUT2D eigenvalue weighted by molar-refractivity contribution is 9.10. The summed E-state index contributed by atoms with van der Waals surface area (Å²) in [6, 6.07) is 17.9. The second-order valence-electron chi connectivity index (χ2n) is 7.91. The number of benzene rings is 3. The number of halogens is 1. The Morgan fingerprint density at radius 2 is 1.89 bits per heavy atom. The molecule has 0 bridgehead atoms. The van der Waals surface area contributed by atoms with Crippen LogP contribution in [-0.4, -0.2) is 27.9 Å². The minimum atomic E-state index is -1.07. The van der Waals surface area contributed by atoms with Crippen molar-refractivity contribution in [2.45, 2.75) is 20.5 Å². The monoisotopic (exact) mass is 583 g/mol. The molecule has 0 unspecified atom stereocenters. The van der Waals surface area contributed by atoms with Crippen molar-refractivity contribution < 1.29 is 24.2 Å². The van der Waals surface area contributed by atoms with Gasteiger partial charge in [-0.25, -0.2) is 4.79 Å². The summed E-state index contributed by atoms with van der Waals surface area (Å²) in [4.78, 5) is 26.3. The molecule has 0 aliphatic carbocycles. The molecular formula is C27H22BrNO5S2. The van der Waals surface area contributed by atoms with Gasteiger partial charge >= 0.3 is 5.97 Å². The predicted molar refractivity (Wildman–Crippen MR) is 150 cm³/mol. The Kier molecular flexibility index (Phi) is 8.13. The number of carboxylic acids is 1. The molecule has 1 fully saturated rings. The fourth-order valence-electron chi connectivity index (χ4n) is 3.53. The van der Waals surface area contributed by atoms with Gasteiger partial charge < -0.3 is 14.6 Å². The first-order valence-electron chi connectivity index (χ1n) is 11.0. The van der Waals surface area contributed by atoms with Crippen molar-refractivity contribution in [1.82, 2.24) is 0 Å². The second kappa shape index (κ2) is 11.3. The zero-order chi connectivity index (χ0) is 25.8. The largest absolute Gasteiger partial charge is 0.490 e. The molecular weight excluding hydrogens is 562 g/mol. The lowest BCUT2D eigenvalue weighted by Gasteiger charge is -2.15. The Morgan fingerprint density at radius 1 is 1.14 bits per heavy atom. The zero-order valence-electron chi connectivity index (χ0n) is 19.5. The fourth-order valence-corrected chi connectivity index (χ4v) is 5.41. The smallest absolute Gasteiger partial charge is 0.335 e. The van der Waals surface area contributed by atoms with Gasteiger partial charge in [0.2, 0.25) is 0 Å². The van der Waals surface area contributed by atoms with Crippen LogP contribution in [0.2, 0.25) is 0 Å². The number of carboxylic acid groups (broad SMARTS) is 1. The molecule has 184 valence electrons. The van der Waals surface area contributed by atoms with Crippen molar-refractivity contribution in [3.63, 3.8) is 0 Å². The first kappa shape index (κ1) is 25.9. The van der Waals surface area contributed by atoms with Crippen molar-refractivity contribution in [2.24, 2.45) is 0 Å². The molecule has 9 heteroatoms. The van der Waals surface area contributed by atoms with E-state index in [4.69, 9.17) is 21.7 Å². The van der Waals surface area contributed by atoms with Crippen LogP contribution in [0.3, 0.4) is 0 Å². The molecule has 4 rings (SSSR count). The normalized spacial score (nSPS) is 14.4. The van der Waals surface area contributed by atoms with Crippen LogP contribution in [-0.2, 0) is 11.4 Å². The standard InChI is InChI=1S/C27H22BrNO5S2/c1-3-33-22-12-18(11-21(28)24(22)34-15-17-9-7-16(2)8-10-17)13-23-25(30)29(27(35)36-23)20-6-4-5-19(14-20)26(31)32/h4-14H,3,15H2,1-2H3,(H,31,32)/b23-13+. The molecule has 3 aromatic rings. The van der Waals surface area contributed by atoms with E-state index in [1.54, 1.807) is 18.2 Å². The molecule has 0 radical (unpaired) electrons. The average Bonchev–Trinajstić information content (AvgIpc) is 3.12. The Morgan fingerprint density at radius 3 is 2.58 bits per heavy atom. The van der Waals surface area contributed by atoms with E-state index in [9.17, 15) is 14.7 Å². The topological polar surface area (TPSA) is 76.1 Å². The van der Waals surface area contributed by atoms with Gasteiger partial charge in [-0.2, -0.15) is 0 Å². The third kappa shape index (κ3) is 5.80. The van der Waals surface area contributed by atoms with Gasteiger partial charge in [0.25, 0.3) is 5.91 Å². The summed E-state index contributed by atoms with van der Waals surface area (Å²) in [6.45, 7) is 4.75. The van der Waals surface area contributed by atoms with Crippen LogP contribution in [0.4, 0.5) is 5.69 Å². The number of thiocarbonyl (C=S) groups is 1. The summed E-state index contributed by atoms with van der Waals surface area (Å²) in [6.07, 6.45) is 1.73. The van der Waals surface area contributed by atoms with Crippen molar-refractivity contribution in [3.8, 4) is 11.5 Å². The van der Waals surface area contributed by atoms with Gasteiger partial charge in [0.1, 0.15) is 6.61 Å². The highest BCUT2D eigenvalue weighted by Gasteiger charge is 2.33. The van der Waals surface area contributed by atoms with Crippen LogP contribution in [0, 0.1) is 6.92 Å². The number of rotatable bonds is 8. The van der Waals surface area contributed by atoms with Crippen molar-refractivity contribution in [1.29, 1.82) is 0 Å². The number of amides is 1. The Bertz CT molecular complexity index is 1370. The van der Waals surface area contributed by atoms with Gasteiger partial charge in [0, 0.05) is 0 Å². The quantitative estimate of drug-likeness (QED) is 0.230. The van der Waals surface area contributed by atoms with Gasteiger partial charge in [-0.3, -0.25) is 9.69 Å². The van der Waals surface area contributed by atoms with E-state index < -0.39 is 5.97 Å². The van der Waals surface area contributed by atoms with Gasteiger partial charge in [0.05, 0.1) is 27.2 Å². The molecule has 0 aromatic heterocycles. The molecule has 0 saturated carbocycles. The van der Waals surface area contributed by atoms with E-state index in [0.717, 1.165) is 22.9 Å². The third-order valence-electron chi connectivity index (χ3n) is 5.28. The molecule has 1 saturated heterocycles. The number of carbonyl (C=O) groups excluding carboxylic acids is 1. The Hall–Kier alpha value is -3.14. The summed E-state index contributed by atoms with van der Waals surface area (Å²) in [5.74, 6) is -0.264. The summed E-state index contributed by atoms with van der Waals surface area (Å²) < 4.78 is 12.9. The zero-order valence-corrected chi connectivity index (χ0v) is 22.7. The maximum absolute atomic E-state index is 13.2. The number of thioether (sulfide) groups is 1. The fraction of sp³-hybridized carbons (Fsp3) is 0.148. The number of hydrogen-bond donors (Lipinski definition) is 1. The Labute approximate surface area is 227 Å². The number of carbonyl (C=O) groups is 2. The highest BCUT2D eigenvalue weighted by Crippen LogP contribution is 2.40. The van der Waals surface area contributed by atoms with Crippen LogP contribution in [0.1, 0.15) is 34.0 Å². The number of ether oxygens (including phenoxy) is 2. The van der Waals surface area contributed by atoms with E-state index in [0.29, 0.717) is 44.1 Å². The number of aromatic carboxylic acids is 1. The predicted octanol–water partition coefficient (Wildman–Crippen LogP) is 6.84. The molecule has 36 heavy (non-hydrogen) atoms. The number of anilines is 1. The van der Waals surface area contributed by atoms with Crippen LogP contribution in [0.5, 0.6) is 11.5 Å². The van der Waals surface area contributed by atoms with Crippen LogP contribution < -0.4 is 14.4 Å². The maximum atomic E-state index is 13.2. The van der Waals surface area contributed by atoms with E-state index in [1.807, 2.05) is 50.2 Å². The first-order valence-corrected chi connectivity index (χ1v) is 13.0. The van der Waals surface area contributed by atoms with Gasteiger partial charge in [-0.15, -0.1) is 0 Å². The molecule has 6 nitrogen and oxygen atoms in total. The molecule has 1 aliphatic heterocycles. The van der Waals surface area contributed by atoms with Crippen LogP contribution in [0.15, 0.2) is 70.0 Å².